The number of benzene rings is 1. The molecular weight excluding hydrogens is 372 g/mol. The largest absolute Gasteiger partial charge is 0.383 e. The summed E-state index contributed by atoms with van der Waals surface area (Å²) in [6.07, 6.45) is 10.0. The highest BCUT2D eigenvalue weighted by Gasteiger charge is 2.27. The summed E-state index contributed by atoms with van der Waals surface area (Å²) >= 11 is 0. The summed E-state index contributed by atoms with van der Waals surface area (Å²) in [6, 6.07) is 12.1. The average molecular weight is 394 g/mol. The molecule has 0 radical (unpaired) electrons. The van der Waals surface area contributed by atoms with Crippen LogP contribution in [0.1, 0.15) is 25.0 Å². The van der Waals surface area contributed by atoms with Crippen molar-refractivity contribution in [3.8, 4) is 11.4 Å². The molecule has 0 saturated carbocycles. The molecule has 0 aliphatic carbocycles. The number of nitrogens with two attached hydrogens (primary N) is 1. The van der Waals surface area contributed by atoms with Gasteiger partial charge in [0, 0.05) is 46.6 Å². The third-order valence-electron chi connectivity index (χ3n) is 5.61. The number of nitrogens with zero attached hydrogens (tertiary/aromatic N) is 4. The highest BCUT2D eigenvalue weighted by molar-refractivity contribution is 5.93. The molecule has 6 heteroatoms. The number of nitrogen functional groups attached to an aromatic ring is 1. The third-order valence-corrected chi connectivity index (χ3v) is 5.61. The number of nitrogens with one attached hydrogen (secondary N) is 1. The van der Waals surface area contributed by atoms with Crippen molar-refractivity contribution in [2.75, 3.05) is 5.73 Å². The molecule has 0 unspecified atom stereocenters. The second-order valence-electron chi connectivity index (χ2n) is 8.17. The van der Waals surface area contributed by atoms with Crippen LogP contribution in [0.25, 0.3) is 33.2 Å². The topological polar surface area (TPSA) is 93.4 Å². The molecule has 0 aliphatic rings. The molecule has 0 bridgehead atoms. The molecule has 6 nitrogen and oxygen atoms in total. The summed E-state index contributed by atoms with van der Waals surface area (Å²) in [6.45, 7) is 4.42. The fourth-order valence-corrected chi connectivity index (χ4v) is 4.10. The number of hydrogen-bond acceptors (Lipinski definition) is 5. The van der Waals surface area contributed by atoms with E-state index in [2.05, 4.69) is 58.2 Å². The summed E-state index contributed by atoms with van der Waals surface area (Å²) < 4.78 is 0. The molecule has 5 rings (SSSR count). The van der Waals surface area contributed by atoms with Crippen LogP contribution >= 0.6 is 0 Å². The second kappa shape index (κ2) is 6.91. The number of para-hydroxylation sites is 1. The van der Waals surface area contributed by atoms with Crippen LogP contribution in [0.2, 0.25) is 0 Å². The summed E-state index contributed by atoms with van der Waals surface area (Å²) in [4.78, 5) is 21.2. The maximum Gasteiger partial charge on any atom is 0.162 e. The second-order valence-corrected chi connectivity index (χ2v) is 8.17. The van der Waals surface area contributed by atoms with E-state index in [1.54, 1.807) is 18.6 Å². The first kappa shape index (κ1) is 18.2. The van der Waals surface area contributed by atoms with Crippen molar-refractivity contribution in [1.82, 2.24) is 24.9 Å². The molecule has 0 saturated heterocycles. The van der Waals surface area contributed by atoms with Crippen molar-refractivity contribution in [3.05, 3.63) is 78.5 Å². The van der Waals surface area contributed by atoms with E-state index in [0.29, 0.717) is 11.6 Å². The van der Waals surface area contributed by atoms with Gasteiger partial charge in [-0.3, -0.25) is 9.97 Å². The molecule has 4 heterocycles. The Balaban J connectivity index is 1.61. The standard InChI is InChI=1S/C24H22N6/c1-24(2,11-16-12-28-19-6-4-3-5-17(16)19)18-13-27-14-20-21(18)22(25)30-23(29-20)15-7-9-26-10-8-15/h3-10,12-14,28H,11H2,1-2H3,(H2,25,29,30). The maximum atomic E-state index is 6.46. The molecular formula is C24H22N6. The minimum Gasteiger partial charge on any atom is -0.383 e. The molecule has 0 amide bonds. The number of hydrogen-bond donors (Lipinski definition) is 2. The predicted molar refractivity (Wildman–Crippen MR) is 120 cm³/mol. The lowest BCUT2D eigenvalue weighted by Gasteiger charge is -2.26. The molecule has 1 aromatic carbocycles. The van der Waals surface area contributed by atoms with Gasteiger partial charge in [-0.25, -0.2) is 9.97 Å². The number of fused-ring (bicyclic) bond motifs is 2. The number of anilines is 1. The summed E-state index contributed by atoms with van der Waals surface area (Å²) in [5, 5.41) is 2.11. The van der Waals surface area contributed by atoms with Crippen molar-refractivity contribution in [2.45, 2.75) is 25.7 Å². The van der Waals surface area contributed by atoms with E-state index >= 15 is 0 Å². The molecule has 0 atom stereocenters. The van der Waals surface area contributed by atoms with Gasteiger partial charge in [-0.1, -0.05) is 32.0 Å². The fraction of sp³-hybridized carbons (Fsp3) is 0.167. The fourth-order valence-electron chi connectivity index (χ4n) is 4.10. The van der Waals surface area contributed by atoms with Crippen LogP contribution in [0.4, 0.5) is 5.82 Å². The zero-order valence-electron chi connectivity index (χ0n) is 16.9. The van der Waals surface area contributed by atoms with E-state index < -0.39 is 0 Å². The van der Waals surface area contributed by atoms with Crippen molar-refractivity contribution in [2.24, 2.45) is 0 Å². The molecule has 5 aromatic rings. The van der Waals surface area contributed by atoms with Crippen LogP contribution in [0.3, 0.4) is 0 Å². The van der Waals surface area contributed by atoms with Gasteiger partial charge in [-0.15, -0.1) is 0 Å². The maximum absolute atomic E-state index is 6.46. The highest BCUT2D eigenvalue weighted by atomic mass is 15.0. The summed E-state index contributed by atoms with van der Waals surface area (Å²) in [5.74, 6) is 1.05. The number of aromatic amines is 1. The van der Waals surface area contributed by atoms with E-state index in [9.17, 15) is 0 Å². The van der Waals surface area contributed by atoms with Crippen LogP contribution in [-0.4, -0.2) is 24.9 Å². The van der Waals surface area contributed by atoms with Crippen molar-refractivity contribution in [3.63, 3.8) is 0 Å². The van der Waals surface area contributed by atoms with E-state index in [0.717, 1.165) is 34.0 Å². The number of rotatable bonds is 4. The van der Waals surface area contributed by atoms with Gasteiger partial charge in [0.25, 0.3) is 0 Å². The number of H-pyrrole nitrogens is 1. The van der Waals surface area contributed by atoms with Gasteiger partial charge in [-0.2, -0.15) is 0 Å². The van der Waals surface area contributed by atoms with Crippen LogP contribution < -0.4 is 5.73 Å². The lowest BCUT2D eigenvalue weighted by atomic mass is 9.78. The quantitative estimate of drug-likeness (QED) is 0.462. The Morgan fingerprint density at radius 3 is 2.60 bits per heavy atom. The van der Waals surface area contributed by atoms with Gasteiger partial charge in [0.1, 0.15) is 5.82 Å². The molecule has 0 spiro atoms. The van der Waals surface area contributed by atoms with Crippen molar-refractivity contribution < 1.29 is 0 Å². The Morgan fingerprint density at radius 2 is 1.77 bits per heavy atom. The molecule has 0 fully saturated rings. The zero-order valence-corrected chi connectivity index (χ0v) is 16.9. The Kier molecular flexibility index (Phi) is 4.20. The van der Waals surface area contributed by atoms with E-state index in [4.69, 9.17) is 10.7 Å². The van der Waals surface area contributed by atoms with Crippen LogP contribution in [0.5, 0.6) is 0 Å². The molecule has 148 valence electrons. The summed E-state index contributed by atoms with van der Waals surface area (Å²) in [7, 11) is 0. The smallest absolute Gasteiger partial charge is 0.162 e. The first-order chi connectivity index (χ1) is 14.5. The van der Waals surface area contributed by atoms with Crippen LogP contribution in [0.15, 0.2) is 67.4 Å². The summed E-state index contributed by atoms with van der Waals surface area (Å²) in [5.41, 5.74) is 11.3. The predicted octanol–water partition coefficient (Wildman–Crippen LogP) is 4.67. The Hall–Kier alpha value is -3.80. The van der Waals surface area contributed by atoms with Gasteiger partial charge in [0.05, 0.1) is 11.7 Å². The third kappa shape index (κ3) is 3.06. The Morgan fingerprint density at radius 1 is 0.967 bits per heavy atom. The van der Waals surface area contributed by atoms with Crippen LogP contribution in [-0.2, 0) is 11.8 Å². The van der Waals surface area contributed by atoms with E-state index in [1.165, 1.54) is 10.9 Å². The van der Waals surface area contributed by atoms with Gasteiger partial charge in [0.15, 0.2) is 5.82 Å². The van der Waals surface area contributed by atoms with Gasteiger partial charge < -0.3 is 10.7 Å². The Labute approximate surface area is 174 Å². The first-order valence-electron chi connectivity index (χ1n) is 9.90. The lowest BCUT2D eigenvalue weighted by Crippen LogP contribution is -2.22. The van der Waals surface area contributed by atoms with E-state index in [-0.39, 0.29) is 5.41 Å². The molecule has 4 aromatic heterocycles. The molecule has 3 N–H and O–H groups in total. The normalized spacial score (nSPS) is 11.9. The van der Waals surface area contributed by atoms with Gasteiger partial charge in [-0.05, 0) is 41.2 Å². The first-order valence-corrected chi connectivity index (χ1v) is 9.90. The highest BCUT2D eigenvalue weighted by Crippen LogP contribution is 2.36. The zero-order chi connectivity index (χ0) is 20.7. The van der Waals surface area contributed by atoms with Gasteiger partial charge >= 0.3 is 0 Å². The van der Waals surface area contributed by atoms with Crippen molar-refractivity contribution >= 4 is 27.6 Å². The minimum absolute atomic E-state index is 0.215. The molecule has 0 aliphatic heterocycles. The monoisotopic (exact) mass is 394 g/mol. The number of pyridine rings is 2. The number of aromatic nitrogens is 5. The van der Waals surface area contributed by atoms with E-state index in [1.807, 2.05) is 24.4 Å². The lowest BCUT2D eigenvalue weighted by molar-refractivity contribution is 0.527. The van der Waals surface area contributed by atoms with Crippen LogP contribution in [0, 0.1) is 0 Å². The minimum atomic E-state index is -0.215. The van der Waals surface area contributed by atoms with Crippen molar-refractivity contribution in [1.29, 1.82) is 0 Å². The average Bonchev–Trinajstić information content (AvgIpc) is 3.16. The molecule has 30 heavy (non-hydrogen) atoms. The van der Waals surface area contributed by atoms with Gasteiger partial charge in [0.2, 0.25) is 0 Å². The SMILES string of the molecule is CC(C)(Cc1c[nH]c2ccccc12)c1cncc2nc(-c3ccncc3)nc(N)c12. The Bertz CT molecular complexity index is 1350.